The molecule has 3 nitrogen and oxygen atoms in total. The number of likely N-dealkylation sites (N-methyl/N-ethyl adjacent to an activating group) is 1. The quantitative estimate of drug-likeness (QED) is 0.519. The molecule has 1 aromatic rings. The first-order chi connectivity index (χ1) is 7.38. The lowest BCUT2D eigenvalue weighted by molar-refractivity contribution is -0.109. The van der Waals surface area contributed by atoms with Crippen molar-refractivity contribution in [1.82, 2.24) is 10.6 Å². The van der Waals surface area contributed by atoms with Crippen molar-refractivity contribution >= 4 is 6.29 Å². The zero-order valence-corrected chi connectivity index (χ0v) is 9.07. The second-order valence-corrected chi connectivity index (χ2v) is 3.33. The van der Waals surface area contributed by atoms with Crippen molar-refractivity contribution in [3.05, 3.63) is 35.9 Å². The molecule has 0 radical (unpaired) electrons. The largest absolute Gasteiger partial charge is 0.316 e. The summed E-state index contributed by atoms with van der Waals surface area (Å²) in [6.45, 7) is 4.70. The van der Waals surface area contributed by atoms with Crippen molar-refractivity contribution in [3.8, 4) is 0 Å². The highest BCUT2D eigenvalue weighted by Gasteiger charge is 2.07. The molecule has 0 saturated carbocycles. The Morgan fingerprint density at radius 1 is 1.27 bits per heavy atom. The van der Waals surface area contributed by atoms with Gasteiger partial charge < -0.3 is 15.4 Å². The van der Waals surface area contributed by atoms with E-state index in [4.69, 9.17) is 0 Å². The van der Waals surface area contributed by atoms with E-state index in [0.717, 1.165) is 31.5 Å². The van der Waals surface area contributed by atoms with E-state index in [0.29, 0.717) is 0 Å². The van der Waals surface area contributed by atoms with Gasteiger partial charge in [0.05, 0.1) is 6.04 Å². The third-order valence-electron chi connectivity index (χ3n) is 2.21. The Morgan fingerprint density at radius 2 is 2.00 bits per heavy atom. The molecule has 0 fully saturated rings. The second kappa shape index (κ2) is 7.15. The molecular weight excluding hydrogens is 188 g/mol. The van der Waals surface area contributed by atoms with Crippen LogP contribution in [0.2, 0.25) is 0 Å². The molecule has 0 bridgehead atoms. The Morgan fingerprint density at radius 3 is 2.60 bits per heavy atom. The molecule has 15 heavy (non-hydrogen) atoms. The van der Waals surface area contributed by atoms with Gasteiger partial charge in [0.25, 0.3) is 0 Å². The van der Waals surface area contributed by atoms with Crippen LogP contribution in [0.4, 0.5) is 0 Å². The molecule has 0 amide bonds. The number of rotatable bonds is 7. The summed E-state index contributed by atoms with van der Waals surface area (Å²) >= 11 is 0. The van der Waals surface area contributed by atoms with Crippen molar-refractivity contribution < 1.29 is 4.79 Å². The summed E-state index contributed by atoms with van der Waals surface area (Å²) < 4.78 is 0. The van der Waals surface area contributed by atoms with Crippen molar-refractivity contribution in [2.75, 3.05) is 19.6 Å². The SMILES string of the molecule is CCNCCNC(C=O)c1ccccc1. The average Bonchev–Trinajstić information content (AvgIpc) is 2.30. The van der Waals surface area contributed by atoms with E-state index in [1.165, 1.54) is 0 Å². The molecule has 0 aliphatic rings. The summed E-state index contributed by atoms with van der Waals surface area (Å²) in [7, 11) is 0. The van der Waals surface area contributed by atoms with E-state index in [1.807, 2.05) is 30.3 Å². The summed E-state index contributed by atoms with van der Waals surface area (Å²) in [4.78, 5) is 10.9. The van der Waals surface area contributed by atoms with E-state index in [9.17, 15) is 4.79 Å². The van der Waals surface area contributed by atoms with Crippen LogP contribution in [-0.2, 0) is 4.79 Å². The summed E-state index contributed by atoms with van der Waals surface area (Å²) in [6, 6.07) is 9.56. The highest BCUT2D eigenvalue weighted by Crippen LogP contribution is 2.08. The minimum atomic E-state index is -0.190. The average molecular weight is 206 g/mol. The molecule has 1 rings (SSSR count). The number of carbonyl (C=O) groups excluding carboxylic acids is 1. The van der Waals surface area contributed by atoms with Gasteiger partial charge in [-0.05, 0) is 12.1 Å². The topological polar surface area (TPSA) is 41.1 Å². The fraction of sp³-hybridized carbons (Fsp3) is 0.417. The van der Waals surface area contributed by atoms with Gasteiger partial charge in [0, 0.05) is 13.1 Å². The highest BCUT2D eigenvalue weighted by atomic mass is 16.1. The molecular formula is C12H18N2O. The summed E-state index contributed by atoms with van der Waals surface area (Å²) in [5.74, 6) is 0. The number of carbonyl (C=O) groups is 1. The van der Waals surface area contributed by atoms with Crippen LogP contribution in [0.5, 0.6) is 0 Å². The van der Waals surface area contributed by atoms with E-state index < -0.39 is 0 Å². The van der Waals surface area contributed by atoms with Gasteiger partial charge in [0.15, 0.2) is 0 Å². The second-order valence-electron chi connectivity index (χ2n) is 3.33. The molecule has 0 aliphatic carbocycles. The van der Waals surface area contributed by atoms with Crippen LogP contribution < -0.4 is 10.6 Å². The Labute approximate surface area is 90.9 Å². The van der Waals surface area contributed by atoms with Crippen LogP contribution in [0.15, 0.2) is 30.3 Å². The predicted molar refractivity (Wildman–Crippen MR) is 61.8 cm³/mol. The Balaban J connectivity index is 2.39. The van der Waals surface area contributed by atoms with Crippen molar-refractivity contribution in [2.24, 2.45) is 0 Å². The number of hydrogen-bond acceptors (Lipinski definition) is 3. The van der Waals surface area contributed by atoms with Crippen molar-refractivity contribution in [3.63, 3.8) is 0 Å². The molecule has 1 unspecified atom stereocenters. The fourth-order valence-corrected chi connectivity index (χ4v) is 1.40. The fourth-order valence-electron chi connectivity index (χ4n) is 1.40. The van der Waals surface area contributed by atoms with Crippen LogP contribution in [0.3, 0.4) is 0 Å². The lowest BCUT2D eigenvalue weighted by Gasteiger charge is -2.12. The molecule has 0 heterocycles. The zero-order chi connectivity index (χ0) is 10.9. The standard InChI is InChI=1S/C12H18N2O/c1-2-13-8-9-14-12(10-15)11-6-4-3-5-7-11/h3-7,10,12-14H,2,8-9H2,1H3. The monoisotopic (exact) mass is 206 g/mol. The minimum absolute atomic E-state index is 0.190. The molecule has 2 N–H and O–H groups in total. The van der Waals surface area contributed by atoms with Gasteiger partial charge in [-0.3, -0.25) is 0 Å². The Hall–Kier alpha value is -1.19. The zero-order valence-electron chi connectivity index (χ0n) is 9.07. The lowest BCUT2D eigenvalue weighted by Crippen LogP contribution is -2.30. The molecule has 0 saturated heterocycles. The van der Waals surface area contributed by atoms with Crippen LogP contribution in [0, 0.1) is 0 Å². The first-order valence-corrected chi connectivity index (χ1v) is 5.32. The van der Waals surface area contributed by atoms with Gasteiger partial charge in [0.1, 0.15) is 6.29 Å². The molecule has 0 aromatic heterocycles. The maximum Gasteiger partial charge on any atom is 0.141 e. The summed E-state index contributed by atoms with van der Waals surface area (Å²) in [5, 5.41) is 6.39. The normalized spacial score (nSPS) is 12.3. The van der Waals surface area contributed by atoms with Gasteiger partial charge >= 0.3 is 0 Å². The first kappa shape index (κ1) is 11.9. The maximum absolute atomic E-state index is 10.9. The van der Waals surface area contributed by atoms with Crippen LogP contribution in [0.1, 0.15) is 18.5 Å². The van der Waals surface area contributed by atoms with Crippen LogP contribution in [-0.4, -0.2) is 25.9 Å². The summed E-state index contributed by atoms with van der Waals surface area (Å²) in [5.41, 5.74) is 1.02. The van der Waals surface area contributed by atoms with Gasteiger partial charge in [0.2, 0.25) is 0 Å². The van der Waals surface area contributed by atoms with Crippen LogP contribution >= 0.6 is 0 Å². The number of hydrogen-bond donors (Lipinski definition) is 2. The van der Waals surface area contributed by atoms with E-state index in [2.05, 4.69) is 17.6 Å². The molecule has 3 heteroatoms. The summed E-state index contributed by atoms with van der Waals surface area (Å²) in [6.07, 6.45) is 0.946. The highest BCUT2D eigenvalue weighted by molar-refractivity contribution is 5.61. The van der Waals surface area contributed by atoms with E-state index >= 15 is 0 Å². The van der Waals surface area contributed by atoms with E-state index in [1.54, 1.807) is 0 Å². The molecule has 0 spiro atoms. The minimum Gasteiger partial charge on any atom is -0.316 e. The predicted octanol–water partition coefficient (Wildman–Crippen LogP) is 1.13. The molecule has 82 valence electrons. The molecule has 0 aliphatic heterocycles. The Bertz CT molecular complexity index is 274. The number of aldehydes is 1. The third kappa shape index (κ3) is 4.23. The van der Waals surface area contributed by atoms with Gasteiger partial charge in [-0.15, -0.1) is 0 Å². The maximum atomic E-state index is 10.9. The molecule has 1 atom stereocenters. The number of benzene rings is 1. The first-order valence-electron chi connectivity index (χ1n) is 5.32. The molecule has 1 aromatic carbocycles. The van der Waals surface area contributed by atoms with Crippen LogP contribution in [0.25, 0.3) is 0 Å². The Kier molecular flexibility index (Phi) is 5.66. The van der Waals surface area contributed by atoms with Crippen molar-refractivity contribution in [1.29, 1.82) is 0 Å². The van der Waals surface area contributed by atoms with E-state index in [-0.39, 0.29) is 6.04 Å². The van der Waals surface area contributed by atoms with Gasteiger partial charge in [-0.2, -0.15) is 0 Å². The van der Waals surface area contributed by atoms with Gasteiger partial charge in [-0.1, -0.05) is 37.3 Å². The third-order valence-corrected chi connectivity index (χ3v) is 2.21. The van der Waals surface area contributed by atoms with Crippen molar-refractivity contribution in [2.45, 2.75) is 13.0 Å². The number of nitrogens with one attached hydrogen (secondary N) is 2. The lowest BCUT2D eigenvalue weighted by atomic mass is 10.1. The smallest absolute Gasteiger partial charge is 0.141 e. The van der Waals surface area contributed by atoms with Gasteiger partial charge in [-0.25, -0.2) is 0 Å².